The van der Waals surface area contributed by atoms with E-state index in [1.807, 2.05) is 0 Å². The normalized spacial score (nSPS) is 26.5. The molecule has 0 aromatic rings. The van der Waals surface area contributed by atoms with E-state index in [2.05, 4.69) is 0 Å². The Kier molecular flexibility index (Phi) is 5.08. The van der Waals surface area contributed by atoms with Crippen LogP contribution < -0.4 is 0 Å². The van der Waals surface area contributed by atoms with Crippen molar-refractivity contribution in [1.29, 1.82) is 0 Å². The SMILES string of the molecule is CC(=O)OCC1CC(OC(C)=O)C(OC(C)=O)O1. The lowest BCUT2D eigenvalue weighted by Crippen LogP contribution is -2.30. The summed E-state index contributed by atoms with van der Waals surface area (Å²) in [7, 11) is 0. The average molecular weight is 260 g/mol. The standard InChI is InChI=1S/C11H16O7/c1-6(12)15-5-9-4-10(16-7(2)13)11(18-9)17-8(3)14/h9-11H,4-5H2,1-3H3. The van der Waals surface area contributed by atoms with Gasteiger partial charge in [-0.15, -0.1) is 0 Å². The lowest BCUT2D eigenvalue weighted by molar-refractivity contribution is -0.196. The van der Waals surface area contributed by atoms with Crippen molar-refractivity contribution in [2.75, 3.05) is 6.61 Å². The van der Waals surface area contributed by atoms with Crippen molar-refractivity contribution in [2.24, 2.45) is 0 Å². The summed E-state index contributed by atoms with van der Waals surface area (Å²) >= 11 is 0. The van der Waals surface area contributed by atoms with Crippen molar-refractivity contribution in [3.8, 4) is 0 Å². The largest absolute Gasteiger partial charge is 0.463 e. The summed E-state index contributed by atoms with van der Waals surface area (Å²) in [6, 6.07) is 0. The molecule has 0 N–H and O–H groups in total. The van der Waals surface area contributed by atoms with Crippen LogP contribution in [0.4, 0.5) is 0 Å². The molecule has 7 heteroatoms. The second-order valence-electron chi connectivity index (χ2n) is 3.92. The van der Waals surface area contributed by atoms with Gasteiger partial charge in [0.15, 0.2) is 6.10 Å². The zero-order chi connectivity index (χ0) is 13.7. The number of esters is 3. The first kappa shape index (κ1) is 14.4. The van der Waals surface area contributed by atoms with Crippen LogP contribution in [0.3, 0.4) is 0 Å². The summed E-state index contributed by atoms with van der Waals surface area (Å²) in [5.41, 5.74) is 0. The second-order valence-corrected chi connectivity index (χ2v) is 3.92. The quantitative estimate of drug-likeness (QED) is 0.525. The molecule has 0 radical (unpaired) electrons. The number of hydrogen-bond donors (Lipinski definition) is 0. The Balaban J connectivity index is 2.54. The topological polar surface area (TPSA) is 88.1 Å². The van der Waals surface area contributed by atoms with Gasteiger partial charge < -0.3 is 18.9 Å². The van der Waals surface area contributed by atoms with E-state index in [4.69, 9.17) is 18.9 Å². The van der Waals surface area contributed by atoms with Crippen LogP contribution in [0.1, 0.15) is 27.2 Å². The molecule has 0 saturated carbocycles. The van der Waals surface area contributed by atoms with Gasteiger partial charge in [0, 0.05) is 27.2 Å². The van der Waals surface area contributed by atoms with Crippen LogP contribution >= 0.6 is 0 Å². The minimum Gasteiger partial charge on any atom is -0.463 e. The number of ether oxygens (including phenoxy) is 4. The maximum Gasteiger partial charge on any atom is 0.305 e. The zero-order valence-electron chi connectivity index (χ0n) is 10.5. The third-order valence-electron chi connectivity index (χ3n) is 2.20. The first-order valence-corrected chi connectivity index (χ1v) is 5.51. The highest BCUT2D eigenvalue weighted by atomic mass is 16.7. The van der Waals surface area contributed by atoms with Crippen molar-refractivity contribution < 1.29 is 33.3 Å². The lowest BCUT2D eigenvalue weighted by Gasteiger charge is -2.17. The predicted octanol–water partition coefficient (Wildman–Crippen LogP) is 0.159. The summed E-state index contributed by atoms with van der Waals surface area (Å²) in [6.45, 7) is 3.80. The Morgan fingerprint density at radius 2 is 1.67 bits per heavy atom. The molecule has 1 fully saturated rings. The first-order chi connectivity index (χ1) is 8.38. The monoisotopic (exact) mass is 260 g/mol. The number of carbonyl (C=O) groups is 3. The van der Waals surface area contributed by atoms with Gasteiger partial charge in [-0.3, -0.25) is 14.4 Å². The maximum absolute atomic E-state index is 10.9. The van der Waals surface area contributed by atoms with Crippen LogP contribution in [-0.2, 0) is 33.3 Å². The molecule has 3 unspecified atom stereocenters. The molecule has 0 aliphatic carbocycles. The van der Waals surface area contributed by atoms with Crippen LogP contribution in [0.15, 0.2) is 0 Å². The number of hydrogen-bond acceptors (Lipinski definition) is 7. The van der Waals surface area contributed by atoms with E-state index in [1.54, 1.807) is 0 Å². The Morgan fingerprint density at radius 1 is 1.06 bits per heavy atom. The second kappa shape index (κ2) is 6.34. The van der Waals surface area contributed by atoms with Gasteiger partial charge in [-0.2, -0.15) is 0 Å². The molecule has 0 amide bonds. The van der Waals surface area contributed by atoms with Crippen molar-refractivity contribution in [2.45, 2.75) is 45.7 Å². The molecule has 1 saturated heterocycles. The first-order valence-electron chi connectivity index (χ1n) is 5.51. The van der Waals surface area contributed by atoms with Crippen LogP contribution in [-0.4, -0.2) is 43.0 Å². The molecule has 1 aliphatic rings. The third kappa shape index (κ3) is 4.70. The molecule has 3 atom stereocenters. The highest BCUT2D eigenvalue weighted by Crippen LogP contribution is 2.24. The highest BCUT2D eigenvalue weighted by molar-refractivity contribution is 5.67. The minimum absolute atomic E-state index is 0.0326. The van der Waals surface area contributed by atoms with E-state index in [0.29, 0.717) is 6.42 Å². The molecule has 0 spiro atoms. The molecule has 0 bridgehead atoms. The molecule has 1 heterocycles. The van der Waals surface area contributed by atoms with Gasteiger partial charge >= 0.3 is 17.9 Å². The summed E-state index contributed by atoms with van der Waals surface area (Å²) in [6.07, 6.45) is -1.77. The Bertz CT molecular complexity index is 314. The van der Waals surface area contributed by atoms with Crippen LogP contribution in [0.5, 0.6) is 0 Å². The van der Waals surface area contributed by atoms with Gasteiger partial charge in [-0.05, 0) is 0 Å². The van der Waals surface area contributed by atoms with Crippen molar-refractivity contribution in [1.82, 2.24) is 0 Å². The number of carbonyl (C=O) groups excluding carboxylic acids is 3. The Morgan fingerprint density at radius 3 is 2.17 bits per heavy atom. The molecular formula is C11H16O7. The highest BCUT2D eigenvalue weighted by Gasteiger charge is 2.40. The molecule has 18 heavy (non-hydrogen) atoms. The minimum atomic E-state index is -0.952. The third-order valence-corrected chi connectivity index (χ3v) is 2.20. The summed E-state index contributed by atoms with van der Waals surface area (Å²) < 4.78 is 20.0. The molecular weight excluding hydrogens is 244 g/mol. The Hall–Kier alpha value is -1.63. The van der Waals surface area contributed by atoms with Crippen LogP contribution in [0.25, 0.3) is 0 Å². The average Bonchev–Trinajstić information content (AvgIpc) is 2.56. The van der Waals surface area contributed by atoms with E-state index >= 15 is 0 Å². The van der Waals surface area contributed by atoms with E-state index < -0.39 is 36.4 Å². The summed E-state index contributed by atoms with van der Waals surface area (Å²) in [5, 5.41) is 0. The maximum atomic E-state index is 10.9. The van der Waals surface area contributed by atoms with Gasteiger partial charge in [0.2, 0.25) is 6.29 Å². The molecule has 0 aromatic heterocycles. The molecule has 102 valence electrons. The van der Waals surface area contributed by atoms with Crippen molar-refractivity contribution in [3.05, 3.63) is 0 Å². The van der Waals surface area contributed by atoms with Crippen molar-refractivity contribution in [3.63, 3.8) is 0 Å². The van der Waals surface area contributed by atoms with E-state index in [-0.39, 0.29) is 6.61 Å². The molecule has 1 rings (SSSR count). The predicted molar refractivity (Wildman–Crippen MR) is 57.2 cm³/mol. The molecule has 0 aromatic carbocycles. The summed E-state index contributed by atoms with van der Waals surface area (Å²) in [5.74, 6) is -1.46. The smallest absolute Gasteiger partial charge is 0.305 e. The number of rotatable bonds is 4. The van der Waals surface area contributed by atoms with Gasteiger partial charge in [0.1, 0.15) is 6.61 Å². The van der Waals surface area contributed by atoms with Gasteiger partial charge in [0.25, 0.3) is 0 Å². The van der Waals surface area contributed by atoms with E-state index in [1.165, 1.54) is 20.8 Å². The fourth-order valence-corrected chi connectivity index (χ4v) is 1.60. The fraction of sp³-hybridized carbons (Fsp3) is 0.727. The fourth-order valence-electron chi connectivity index (χ4n) is 1.60. The van der Waals surface area contributed by atoms with E-state index in [9.17, 15) is 14.4 Å². The van der Waals surface area contributed by atoms with Gasteiger partial charge in [-0.25, -0.2) is 0 Å². The van der Waals surface area contributed by atoms with Gasteiger partial charge in [0.05, 0.1) is 6.10 Å². The zero-order valence-corrected chi connectivity index (χ0v) is 10.5. The lowest BCUT2D eigenvalue weighted by atomic mass is 10.2. The Labute approximate surface area is 104 Å². The summed E-state index contributed by atoms with van der Waals surface area (Å²) in [4.78, 5) is 32.4. The molecule has 7 nitrogen and oxygen atoms in total. The molecule has 1 aliphatic heterocycles. The van der Waals surface area contributed by atoms with Gasteiger partial charge in [-0.1, -0.05) is 0 Å². The van der Waals surface area contributed by atoms with E-state index in [0.717, 1.165) is 0 Å². The van der Waals surface area contributed by atoms with Crippen LogP contribution in [0, 0.1) is 0 Å². The van der Waals surface area contributed by atoms with Crippen molar-refractivity contribution >= 4 is 17.9 Å². The van der Waals surface area contributed by atoms with Crippen LogP contribution in [0.2, 0.25) is 0 Å².